The van der Waals surface area contributed by atoms with E-state index >= 15 is 0 Å². The van der Waals surface area contributed by atoms with Crippen LogP contribution in [0.25, 0.3) is 4.91 Å². The molecule has 0 bridgehead atoms. The number of amides is 1. The van der Waals surface area contributed by atoms with Crippen LogP contribution in [0.1, 0.15) is 57.4 Å². The molecule has 1 aromatic carbocycles. The molecule has 0 atom stereocenters. The van der Waals surface area contributed by atoms with Crippen molar-refractivity contribution < 1.29 is 13.2 Å². The molecule has 1 amide bonds. The minimum Gasteiger partial charge on any atom is -0.356 e. The zero-order chi connectivity index (χ0) is 20.4. The summed E-state index contributed by atoms with van der Waals surface area (Å²) in [7, 11) is -3.68. The van der Waals surface area contributed by atoms with Crippen LogP contribution in [-0.4, -0.2) is 44.2 Å². The lowest BCUT2D eigenvalue weighted by molar-refractivity contribution is -0.122. The molecule has 1 aliphatic carbocycles. The minimum absolute atomic E-state index is 0.164. The van der Waals surface area contributed by atoms with E-state index in [9.17, 15) is 13.2 Å². The van der Waals surface area contributed by atoms with Gasteiger partial charge in [-0.25, -0.2) is 0 Å². The van der Waals surface area contributed by atoms with E-state index in [1.54, 1.807) is 12.1 Å². The summed E-state index contributed by atoms with van der Waals surface area (Å²) >= 11 is 0. The number of benzene rings is 1. The molecule has 6 nitrogen and oxygen atoms in total. The second kappa shape index (κ2) is 8.30. The number of sulfonamides is 1. The molecule has 3 aliphatic rings. The van der Waals surface area contributed by atoms with Crippen LogP contribution in [0.15, 0.2) is 40.3 Å². The van der Waals surface area contributed by atoms with Crippen LogP contribution in [0.4, 0.5) is 0 Å². The first-order valence-electron chi connectivity index (χ1n) is 10.6. The van der Waals surface area contributed by atoms with Crippen molar-refractivity contribution in [1.29, 1.82) is 0 Å². The Bertz CT molecular complexity index is 923. The van der Waals surface area contributed by atoms with Gasteiger partial charge in [0.2, 0.25) is 5.91 Å². The number of carbonyl (C=O) groups excluding carboxylic acids is 1. The van der Waals surface area contributed by atoms with Gasteiger partial charge in [-0.2, -0.15) is 8.42 Å². The average molecular weight is 416 g/mol. The van der Waals surface area contributed by atoms with Crippen molar-refractivity contribution in [3.63, 3.8) is 0 Å². The smallest absolute Gasteiger partial charge is 0.285 e. The Morgan fingerprint density at radius 3 is 2.41 bits per heavy atom. The van der Waals surface area contributed by atoms with Crippen LogP contribution < -0.4 is 5.32 Å². The van der Waals surface area contributed by atoms with Gasteiger partial charge in [-0.15, -0.1) is 4.40 Å². The highest BCUT2D eigenvalue weighted by Gasteiger charge is 2.35. The van der Waals surface area contributed by atoms with Crippen molar-refractivity contribution in [2.24, 2.45) is 10.3 Å². The van der Waals surface area contributed by atoms with Gasteiger partial charge < -0.3 is 10.2 Å². The zero-order valence-electron chi connectivity index (χ0n) is 16.9. The summed E-state index contributed by atoms with van der Waals surface area (Å²) in [5.41, 5.74) is 1.39. The summed E-state index contributed by atoms with van der Waals surface area (Å²) in [6, 6.07) is 9.32. The molecule has 7 heteroatoms. The van der Waals surface area contributed by atoms with Crippen molar-refractivity contribution in [3.05, 3.63) is 41.5 Å². The highest BCUT2D eigenvalue weighted by atomic mass is 32.2. The quantitative estimate of drug-likeness (QED) is 0.818. The maximum absolute atomic E-state index is 12.7. The maximum Gasteiger partial charge on any atom is 0.285 e. The molecule has 2 aliphatic heterocycles. The fourth-order valence-corrected chi connectivity index (χ4v) is 6.26. The number of carbonyl (C=O) groups is 1. The van der Waals surface area contributed by atoms with Gasteiger partial charge in [-0.05, 0) is 44.1 Å². The van der Waals surface area contributed by atoms with Crippen molar-refractivity contribution in [2.45, 2.75) is 57.9 Å². The number of piperidine rings is 1. The predicted octanol–water partition coefficient (Wildman–Crippen LogP) is 3.32. The Hall–Kier alpha value is -2.15. The van der Waals surface area contributed by atoms with E-state index in [0.29, 0.717) is 47.3 Å². The maximum atomic E-state index is 12.7. The molecule has 0 spiro atoms. The highest BCUT2D eigenvalue weighted by Crippen LogP contribution is 2.34. The second-order valence-corrected chi connectivity index (χ2v) is 9.93. The van der Waals surface area contributed by atoms with Gasteiger partial charge in [0.05, 0.1) is 0 Å². The van der Waals surface area contributed by atoms with E-state index in [4.69, 9.17) is 0 Å². The van der Waals surface area contributed by atoms with Gasteiger partial charge in [0.15, 0.2) is 0 Å². The fourth-order valence-electron chi connectivity index (χ4n) is 4.77. The van der Waals surface area contributed by atoms with E-state index in [1.807, 2.05) is 30.0 Å². The van der Waals surface area contributed by atoms with E-state index in [-0.39, 0.29) is 11.9 Å². The van der Waals surface area contributed by atoms with E-state index in [0.717, 1.165) is 12.8 Å². The lowest BCUT2D eigenvalue weighted by atomic mass is 10.0. The van der Waals surface area contributed by atoms with Crippen LogP contribution in [-0.2, 0) is 14.8 Å². The Morgan fingerprint density at radius 1 is 1.10 bits per heavy atom. The summed E-state index contributed by atoms with van der Waals surface area (Å²) in [6.45, 7) is 3.23. The molecular formula is C22H29N3O3S. The number of hydrogen-bond donors (Lipinski definition) is 1. The molecule has 4 rings (SSSR count). The Balaban J connectivity index is 1.38. The largest absolute Gasteiger partial charge is 0.356 e. The third kappa shape index (κ3) is 4.39. The summed E-state index contributed by atoms with van der Waals surface area (Å²) in [4.78, 5) is 14.7. The number of nitrogens with zero attached hydrogens (tertiary/aromatic N) is 2. The van der Waals surface area contributed by atoms with E-state index in [2.05, 4.69) is 9.71 Å². The molecule has 156 valence electrons. The first-order valence-corrected chi connectivity index (χ1v) is 12.0. The molecule has 29 heavy (non-hydrogen) atoms. The zero-order valence-corrected chi connectivity index (χ0v) is 17.7. The number of rotatable bonds is 4. The SMILES string of the molecule is CC1=C(c2ccccc2)S(=O)(=O)N=C1N1CCC(NC(=O)CC2CCCC2)CC1. The van der Waals surface area contributed by atoms with Crippen LogP contribution in [0.3, 0.4) is 0 Å². The molecule has 1 saturated heterocycles. The standard InChI is InChI=1S/C22H29N3O3S/c1-16-21(18-9-3-2-4-10-18)29(27,28)24-22(16)25-13-11-19(12-14-25)23-20(26)15-17-7-5-6-8-17/h2-4,9-10,17,19H,5-8,11-15H2,1H3,(H,23,26). The third-order valence-corrected chi connectivity index (χ3v) is 7.76. The summed E-state index contributed by atoms with van der Waals surface area (Å²) < 4.78 is 29.4. The van der Waals surface area contributed by atoms with Gasteiger partial charge >= 0.3 is 0 Å². The third-order valence-electron chi connectivity index (χ3n) is 6.29. The number of amidine groups is 1. The van der Waals surface area contributed by atoms with Gasteiger partial charge in [-0.3, -0.25) is 4.79 Å². The molecular weight excluding hydrogens is 386 g/mol. The van der Waals surface area contributed by atoms with Crippen LogP contribution in [0.5, 0.6) is 0 Å². The van der Waals surface area contributed by atoms with Crippen LogP contribution in [0.2, 0.25) is 0 Å². The molecule has 0 aromatic heterocycles. The van der Waals surface area contributed by atoms with Crippen LogP contribution >= 0.6 is 0 Å². The first kappa shape index (κ1) is 20.1. The monoisotopic (exact) mass is 415 g/mol. The normalized spacial score (nSPS) is 22.8. The van der Waals surface area contributed by atoms with E-state index < -0.39 is 10.0 Å². The molecule has 1 aromatic rings. The fraction of sp³-hybridized carbons (Fsp3) is 0.545. The Morgan fingerprint density at radius 2 is 1.76 bits per heavy atom. The summed E-state index contributed by atoms with van der Waals surface area (Å²) in [6.07, 6.45) is 7.11. The number of nitrogens with one attached hydrogen (secondary N) is 1. The average Bonchev–Trinajstić information content (AvgIpc) is 3.28. The van der Waals surface area contributed by atoms with Crippen molar-refractivity contribution in [3.8, 4) is 0 Å². The van der Waals surface area contributed by atoms with Gasteiger partial charge in [0, 0.05) is 31.1 Å². The molecule has 1 N–H and O–H groups in total. The van der Waals surface area contributed by atoms with Gasteiger partial charge in [-0.1, -0.05) is 43.2 Å². The lowest BCUT2D eigenvalue weighted by Crippen LogP contribution is -2.46. The molecule has 1 saturated carbocycles. The first-order chi connectivity index (χ1) is 13.9. The Labute approximate surface area is 173 Å². The van der Waals surface area contributed by atoms with Gasteiger partial charge in [0.1, 0.15) is 10.7 Å². The minimum atomic E-state index is -3.68. The van der Waals surface area contributed by atoms with Crippen molar-refractivity contribution in [1.82, 2.24) is 10.2 Å². The summed E-state index contributed by atoms with van der Waals surface area (Å²) in [5, 5.41) is 3.18. The molecule has 0 unspecified atom stereocenters. The molecule has 2 heterocycles. The van der Waals surface area contributed by atoms with Crippen molar-refractivity contribution in [2.75, 3.05) is 13.1 Å². The predicted molar refractivity (Wildman–Crippen MR) is 115 cm³/mol. The second-order valence-electron chi connectivity index (χ2n) is 8.39. The summed E-state index contributed by atoms with van der Waals surface area (Å²) in [5.74, 6) is 1.27. The van der Waals surface area contributed by atoms with Crippen molar-refractivity contribution >= 4 is 26.7 Å². The van der Waals surface area contributed by atoms with E-state index in [1.165, 1.54) is 25.7 Å². The van der Waals surface area contributed by atoms with Crippen LogP contribution in [0, 0.1) is 5.92 Å². The topological polar surface area (TPSA) is 78.8 Å². The lowest BCUT2D eigenvalue weighted by Gasteiger charge is -2.34. The number of likely N-dealkylation sites (tertiary alicyclic amines) is 1. The molecule has 0 radical (unpaired) electrons. The highest BCUT2D eigenvalue weighted by molar-refractivity contribution is 8.00. The molecule has 2 fully saturated rings. The van der Waals surface area contributed by atoms with Gasteiger partial charge in [0.25, 0.3) is 10.0 Å². The number of hydrogen-bond acceptors (Lipinski definition) is 4. The Kier molecular flexibility index (Phi) is 5.76.